The Hall–Kier alpha value is -8.79. The molecule has 0 saturated heterocycles. The molecule has 0 atom stereocenters. The van der Waals surface area contributed by atoms with Crippen LogP contribution in [0, 0.1) is 0 Å². The molecule has 13 aromatic rings. The summed E-state index contributed by atoms with van der Waals surface area (Å²) in [5.41, 5.74) is 19.3. The van der Waals surface area contributed by atoms with Gasteiger partial charge in [0.05, 0.1) is 33.3 Å². The maximum atomic E-state index is 5.43. The highest BCUT2D eigenvalue weighted by atomic mass is 15.0. The maximum Gasteiger partial charge on any atom is 0.0716 e. The summed E-state index contributed by atoms with van der Waals surface area (Å²) in [5.74, 6) is 0. The molecule has 3 heteroatoms. The molecule has 0 amide bonds. The molecule has 13 rings (SSSR count). The summed E-state index contributed by atoms with van der Waals surface area (Å²) < 4.78 is 4.77. The van der Waals surface area contributed by atoms with Crippen LogP contribution in [0.3, 0.4) is 0 Å². The molecule has 3 nitrogen and oxygen atoms in total. The SMILES string of the molecule is c1ccc(-c2cccc(-c3cc(-c4cccc(-c5cccc(-n6c7ccccc7c7ccccc76)c5)c4)nc4ccc(-c5cccc(-n6c7ccccc7c7ccccc76)c5)cc34)c2)cc1. The molecule has 0 spiro atoms. The first-order valence-electron chi connectivity index (χ1n) is 22.6. The van der Waals surface area contributed by atoms with Gasteiger partial charge >= 0.3 is 0 Å². The first-order chi connectivity index (χ1) is 32.7. The van der Waals surface area contributed by atoms with Gasteiger partial charge in [0, 0.05) is 43.9 Å². The Morgan fingerprint density at radius 3 is 1.18 bits per heavy atom. The maximum absolute atomic E-state index is 5.43. The molecule has 3 aromatic heterocycles. The molecule has 0 N–H and O–H groups in total. The number of hydrogen-bond acceptors (Lipinski definition) is 1. The number of fused-ring (bicyclic) bond motifs is 7. The normalized spacial score (nSPS) is 11.6. The number of hydrogen-bond donors (Lipinski definition) is 0. The standard InChI is InChI=1S/C63H41N3/c1-2-16-42(17-3-1)43-18-12-22-48(36-43)56-41-59(49-23-13-19-44(37-49)45-20-14-24-50(38-45)65-60-30-8-4-26-52(60)53-27-5-9-31-61(53)65)64-58-35-34-47(40-57(56)58)46-21-15-25-51(39-46)66-62-32-10-6-28-54(62)55-29-7-11-33-63(55)66/h1-41H. The summed E-state index contributed by atoms with van der Waals surface area (Å²) in [7, 11) is 0. The molecular weight excluding hydrogens is 799 g/mol. The molecule has 0 unspecified atom stereocenters. The van der Waals surface area contributed by atoms with Gasteiger partial charge < -0.3 is 9.13 Å². The van der Waals surface area contributed by atoms with E-state index < -0.39 is 0 Å². The third-order valence-corrected chi connectivity index (χ3v) is 13.3. The van der Waals surface area contributed by atoms with E-state index in [1.54, 1.807) is 0 Å². The van der Waals surface area contributed by atoms with E-state index in [2.05, 4.69) is 258 Å². The number of para-hydroxylation sites is 4. The van der Waals surface area contributed by atoms with Gasteiger partial charge in [0.15, 0.2) is 0 Å². The Balaban J connectivity index is 0.942. The highest BCUT2D eigenvalue weighted by Gasteiger charge is 2.17. The van der Waals surface area contributed by atoms with Gasteiger partial charge in [-0.25, -0.2) is 4.98 Å². The topological polar surface area (TPSA) is 22.8 Å². The summed E-state index contributed by atoms with van der Waals surface area (Å²) in [5, 5.41) is 6.14. The zero-order chi connectivity index (χ0) is 43.6. The van der Waals surface area contributed by atoms with Crippen LogP contribution in [0.25, 0.3) is 122 Å². The van der Waals surface area contributed by atoms with E-state index in [-0.39, 0.29) is 0 Å². The van der Waals surface area contributed by atoms with E-state index in [0.717, 1.165) is 66.9 Å². The van der Waals surface area contributed by atoms with Crippen LogP contribution in [0.5, 0.6) is 0 Å². The van der Waals surface area contributed by atoms with Crippen molar-refractivity contribution in [1.82, 2.24) is 14.1 Å². The lowest BCUT2D eigenvalue weighted by atomic mass is 9.93. The first kappa shape index (κ1) is 37.7. The van der Waals surface area contributed by atoms with Gasteiger partial charge in [-0.2, -0.15) is 0 Å². The third-order valence-electron chi connectivity index (χ3n) is 13.3. The summed E-state index contributed by atoms with van der Waals surface area (Å²) >= 11 is 0. The van der Waals surface area contributed by atoms with Gasteiger partial charge in [0.2, 0.25) is 0 Å². The number of pyridine rings is 1. The van der Waals surface area contributed by atoms with Crippen molar-refractivity contribution in [3.8, 4) is 67.1 Å². The molecule has 0 aliphatic heterocycles. The molecule has 66 heavy (non-hydrogen) atoms. The lowest BCUT2D eigenvalue weighted by Gasteiger charge is -2.15. The van der Waals surface area contributed by atoms with Crippen LogP contribution in [0.2, 0.25) is 0 Å². The second-order valence-electron chi connectivity index (χ2n) is 17.2. The van der Waals surface area contributed by atoms with Gasteiger partial charge in [0.1, 0.15) is 0 Å². The van der Waals surface area contributed by atoms with E-state index >= 15 is 0 Å². The minimum atomic E-state index is 0.934. The van der Waals surface area contributed by atoms with Crippen molar-refractivity contribution in [2.24, 2.45) is 0 Å². The van der Waals surface area contributed by atoms with Gasteiger partial charge in [-0.05, 0) is 123 Å². The van der Waals surface area contributed by atoms with E-state index in [1.807, 2.05) is 0 Å². The molecular formula is C63H41N3. The van der Waals surface area contributed by atoms with Gasteiger partial charge in [0.25, 0.3) is 0 Å². The van der Waals surface area contributed by atoms with Crippen LogP contribution in [0.4, 0.5) is 0 Å². The van der Waals surface area contributed by atoms with Crippen LogP contribution in [0.1, 0.15) is 0 Å². The van der Waals surface area contributed by atoms with E-state index in [9.17, 15) is 0 Å². The average molecular weight is 840 g/mol. The largest absolute Gasteiger partial charge is 0.309 e. The van der Waals surface area contributed by atoms with Crippen molar-refractivity contribution < 1.29 is 0 Å². The van der Waals surface area contributed by atoms with Crippen molar-refractivity contribution in [2.45, 2.75) is 0 Å². The fraction of sp³-hybridized carbons (Fsp3) is 0. The highest BCUT2D eigenvalue weighted by molar-refractivity contribution is 6.10. The second kappa shape index (κ2) is 15.5. The fourth-order valence-corrected chi connectivity index (χ4v) is 10.2. The van der Waals surface area contributed by atoms with Gasteiger partial charge in [-0.1, -0.05) is 170 Å². The summed E-state index contributed by atoms with van der Waals surface area (Å²) in [6, 6.07) is 90.0. The summed E-state index contributed by atoms with van der Waals surface area (Å²) in [4.78, 5) is 5.43. The number of aromatic nitrogens is 3. The Bertz CT molecular complexity index is 3900. The van der Waals surface area contributed by atoms with Crippen LogP contribution >= 0.6 is 0 Å². The zero-order valence-corrected chi connectivity index (χ0v) is 36.0. The third kappa shape index (κ3) is 6.32. The quantitative estimate of drug-likeness (QED) is 0.157. The Labute approximate surface area is 382 Å². The number of rotatable bonds is 7. The predicted octanol–water partition coefficient (Wildman–Crippen LogP) is 16.8. The molecule has 0 bridgehead atoms. The Morgan fingerprint density at radius 2 is 0.636 bits per heavy atom. The van der Waals surface area contributed by atoms with Crippen molar-refractivity contribution in [3.63, 3.8) is 0 Å². The molecule has 0 aliphatic carbocycles. The molecule has 0 saturated carbocycles. The predicted molar refractivity (Wildman–Crippen MR) is 278 cm³/mol. The summed E-state index contributed by atoms with van der Waals surface area (Å²) in [6.45, 7) is 0. The van der Waals surface area contributed by atoms with E-state index in [4.69, 9.17) is 4.98 Å². The van der Waals surface area contributed by atoms with Gasteiger partial charge in [-0.3, -0.25) is 0 Å². The Kier molecular flexibility index (Phi) is 8.85. The van der Waals surface area contributed by atoms with Crippen molar-refractivity contribution in [3.05, 3.63) is 249 Å². The number of nitrogens with zero attached hydrogens (tertiary/aromatic N) is 3. The molecule has 308 valence electrons. The highest BCUT2D eigenvalue weighted by Crippen LogP contribution is 2.39. The van der Waals surface area contributed by atoms with Crippen molar-refractivity contribution in [1.29, 1.82) is 0 Å². The second-order valence-corrected chi connectivity index (χ2v) is 17.2. The number of benzene rings is 10. The Morgan fingerprint density at radius 1 is 0.242 bits per heavy atom. The molecule has 0 aliphatic rings. The monoisotopic (exact) mass is 839 g/mol. The molecule has 0 fully saturated rings. The van der Waals surface area contributed by atoms with Crippen molar-refractivity contribution in [2.75, 3.05) is 0 Å². The minimum Gasteiger partial charge on any atom is -0.309 e. The molecule has 3 heterocycles. The fourth-order valence-electron chi connectivity index (χ4n) is 10.2. The molecule has 0 radical (unpaired) electrons. The van der Waals surface area contributed by atoms with E-state index in [1.165, 1.54) is 54.7 Å². The minimum absolute atomic E-state index is 0.934. The van der Waals surface area contributed by atoms with Crippen LogP contribution in [0.15, 0.2) is 249 Å². The molecule has 10 aromatic carbocycles. The van der Waals surface area contributed by atoms with Crippen LogP contribution in [-0.4, -0.2) is 14.1 Å². The lowest BCUT2D eigenvalue weighted by molar-refractivity contribution is 1.18. The summed E-state index contributed by atoms with van der Waals surface area (Å²) in [6.07, 6.45) is 0. The van der Waals surface area contributed by atoms with Gasteiger partial charge in [-0.15, -0.1) is 0 Å². The van der Waals surface area contributed by atoms with Crippen LogP contribution in [-0.2, 0) is 0 Å². The lowest BCUT2D eigenvalue weighted by Crippen LogP contribution is -1.95. The first-order valence-corrected chi connectivity index (χ1v) is 22.6. The zero-order valence-electron chi connectivity index (χ0n) is 36.0. The van der Waals surface area contributed by atoms with Crippen LogP contribution < -0.4 is 0 Å². The average Bonchev–Trinajstić information content (AvgIpc) is 3.92. The van der Waals surface area contributed by atoms with Crippen molar-refractivity contribution >= 4 is 54.5 Å². The van der Waals surface area contributed by atoms with E-state index in [0.29, 0.717) is 0 Å². The smallest absolute Gasteiger partial charge is 0.0716 e.